The van der Waals surface area contributed by atoms with Crippen molar-refractivity contribution in [1.82, 2.24) is 0 Å². The van der Waals surface area contributed by atoms with Crippen molar-refractivity contribution >= 4 is 5.97 Å². The van der Waals surface area contributed by atoms with Gasteiger partial charge in [-0.05, 0) is 42.6 Å². The Morgan fingerprint density at radius 2 is 2.07 bits per heavy atom. The summed E-state index contributed by atoms with van der Waals surface area (Å²) in [6.07, 6.45) is 3.29. The molecule has 2 atom stereocenters. The summed E-state index contributed by atoms with van der Waals surface area (Å²) >= 11 is 0. The molecule has 0 radical (unpaired) electrons. The quantitative estimate of drug-likeness (QED) is 0.755. The van der Waals surface area contributed by atoms with Crippen molar-refractivity contribution < 1.29 is 9.90 Å². The van der Waals surface area contributed by atoms with Gasteiger partial charge in [-0.15, -0.1) is 0 Å². The zero-order valence-electron chi connectivity index (χ0n) is 10.0. The minimum atomic E-state index is -0.717. The van der Waals surface area contributed by atoms with Crippen LogP contribution in [0.15, 0.2) is 0 Å². The maximum atomic E-state index is 10.9. The number of carboxylic acid groups (broad SMARTS) is 1. The normalized spacial score (nSPS) is 35.1. The van der Waals surface area contributed by atoms with Crippen LogP contribution in [-0.2, 0) is 4.79 Å². The second-order valence-electron chi connectivity index (χ2n) is 6.13. The monoisotopic (exact) mass is 213 g/mol. The SMILES string of the molecule is CC1CC(C)(C)CC(CN)(CC(=O)O)C1. The molecule has 88 valence electrons. The Bertz CT molecular complexity index is 250. The third-order valence-corrected chi connectivity index (χ3v) is 3.50. The Hall–Kier alpha value is -0.570. The first-order valence-electron chi connectivity index (χ1n) is 5.70. The summed E-state index contributed by atoms with van der Waals surface area (Å²) in [6, 6.07) is 0. The summed E-state index contributed by atoms with van der Waals surface area (Å²) in [5, 5.41) is 8.96. The highest BCUT2D eigenvalue weighted by Gasteiger charge is 2.43. The van der Waals surface area contributed by atoms with E-state index in [0.29, 0.717) is 12.5 Å². The second-order valence-corrected chi connectivity index (χ2v) is 6.13. The summed E-state index contributed by atoms with van der Waals surface area (Å²) in [6.45, 7) is 7.13. The van der Waals surface area contributed by atoms with Gasteiger partial charge in [-0.1, -0.05) is 20.8 Å². The van der Waals surface area contributed by atoms with Crippen LogP contribution in [0.4, 0.5) is 0 Å². The van der Waals surface area contributed by atoms with Crippen LogP contribution >= 0.6 is 0 Å². The fourth-order valence-electron chi connectivity index (χ4n) is 3.60. The molecule has 2 unspecified atom stereocenters. The van der Waals surface area contributed by atoms with Crippen LogP contribution < -0.4 is 5.73 Å². The van der Waals surface area contributed by atoms with Gasteiger partial charge in [0.05, 0.1) is 6.42 Å². The molecule has 1 aliphatic rings. The van der Waals surface area contributed by atoms with Crippen LogP contribution in [0.1, 0.15) is 46.5 Å². The largest absolute Gasteiger partial charge is 0.481 e. The molecule has 0 bridgehead atoms. The Balaban J connectivity index is 2.83. The van der Waals surface area contributed by atoms with Crippen LogP contribution in [0.5, 0.6) is 0 Å². The van der Waals surface area contributed by atoms with Crippen molar-refractivity contribution in [3.05, 3.63) is 0 Å². The average molecular weight is 213 g/mol. The summed E-state index contributed by atoms with van der Waals surface area (Å²) in [5.74, 6) is -0.137. The van der Waals surface area contributed by atoms with E-state index in [2.05, 4.69) is 20.8 Å². The smallest absolute Gasteiger partial charge is 0.303 e. The lowest BCUT2D eigenvalue weighted by molar-refractivity contribution is -0.141. The first kappa shape index (κ1) is 12.5. The lowest BCUT2D eigenvalue weighted by Crippen LogP contribution is -2.43. The van der Waals surface area contributed by atoms with Crippen LogP contribution in [0.25, 0.3) is 0 Å². The molecule has 0 saturated heterocycles. The predicted molar refractivity (Wildman–Crippen MR) is 60.5 cm³/mol. The topological polar surface area (TPSA) is 63.3 Å². The van der Waals surface area contributed by atoms with Crippen LogP contribution in [0, 0.1) is 16.7 Å². The molecule has 0 aromatic rings. The summed E-state index contributed by atoms with van der Waals surface area (Å²) < 4.78 is 0. The molecule has 1 rings (SSSR count). The van der Waals surface area contributed by atoms with Crippen LogP contribution in [-0.4, -0.2) is 17.6 Å². The highest BCUT2D eigenvalue weighted by atomic mass is 16.4. The molecule has 3 heteroatoms. The molecule has 3 N–H and O–H groups in total. The second kappa shape index (κ2) is 4.12. The molecule has 3 nitrogen and oxygen atoms in total. The Morgan fingerprint density at radius 1 is 1.47 bits per heavy atom. The molecular weight excluding hydrogens is 190 g/mol. The number of carbonyl (C=O) groups is 1. The van der Waals surface area contributed by atoms with E-state index in [1.165, 1.54) is 6.42 Å². The Morgan fingerprint density at radius 3 is 2.47 bits per heavy atom. The van der Waals surface area contributed by atoms with E-state index in [1.807, 2.05) is 0 Å². The Kier molecular flexibility index (Phi) is 3.44. The first-order valence-corrected chi connectivity index (χ1v) is 5.70. The molecule has 15 heavy (non-hydrogen) atoms. The number of nitrogens with two attached hydrogens (primary N) is 1. The van der Waals surface area contributed by atoms with Gasteiger partial charge in [-0.25, -0.2) is 0 Å². The van der Waals surface area contributed by atoms with Gasteiger partial charge < -0.3 is 10.8 Å². The maximum Gasteiger partial charge on any atom is 0.303 e. The van der Waals surface area contributed by atoms with Crippen molar-refractivity contribution in [3.8, 4) is 0 Å². The van der Waals surface area contributed by atoms with E-state index in [9.17, 15) is 4.79 Å². The van der Waals surface area contributed by atoms with Gasteiger partial charge >= 0.3 is 5.97 Å². The van der Waals surface area contributed by atoms with E-state index < -0.39 is 5.97 Å². The number of carboxylic acids is 1. The van der Waals surface area contributed by atoms with Crippen molar-refractivity contribution in [2.24, 2.45) is 22.5 Å². The lowest BCUT2D eigenvalue weighted by Gasteiger charge is -2.46. The van der Waals surface area contributed by atoms with Gasteiger partial charge in [0.2, 0.25) is 0 Å². The molecule has 1 saturated carbocycles. The standard InChI is InChI=1S/C12H23NO2/c1-9-4-11(2,3)7-12(5-9,8-13)6-10(14)15/h9H,4-8,13H2,1-3H3,(H,14,15). The number of rotatable bonds is 3. The molecule has 0 amide bonds. The molecule has 1 aliphatic carbocycles. The van der Waals surface area contributed by atoms with Crippen molar-refractivity contribution in [2.75, 3.05) is 6.54 Å². The first-order chi connectivity index (χ1) is 6.79. The van der Waals surface area contributed by atoms with Gasteiger partial charge in [0.25, 0.3) is 0 Å². The zero-order valence-corrected chi connectivity index (χ0v) is 10.0. The van der Waals surface area contributed by atoms with Crippen LogP contribution in [0.3, 0.4) is 0 Å². The minimum Gasteiger partial charge on any atom is -0.481 e. The number of hydrogen-bond donors (Lipinski definition) is 2. The van der Waals surface area contributed by atoms with E-state index in [0.717, 1.165) is 12.8 Å². The third-order valence-electron chi connectivity index (χ3n) is 3.50. The molecule has 0 aliphatic heterocycles. The predicted octanol–water partition coefficient (Wildman–Crippen LogP) is 2.25. The van der Waals surface area contributed by atoms with Gasteiger partial charge in [-0.3, -0.25) is 4.79 Å². The number of aliphatic carboxylic acids is 1. The number of hydrogen-bond acceptors (Lipinski definition) is 2. The summed E-state index contributed by atoms with van der Waals surface area (Å²) in [4.78, 5) is 10.9. The lowest BCUT2D eigenvalue weighted by atomic mass is 9.59. The van der Waals surface area contributed by atoms with Crippen molar-refractivity contribution in [2.45, 2.75) is 46.5 Å². The summed E-state index contributed by atoms with van der Waals surface area (Å²) in [7, 11) is 0. The van der Waals surface area contributed by atoms with Gasteiger partial charge in [-0.2, -0.15) is 0 Å². The maximum absolute atomic E-state index is 10.9. The van der Waals surface area contributed by atoms with Gasteiger partial charge in [0.1, 0.15) is 0 Å². The molecule has 0 spiro atoms. The Labute approximate surface area is 92.0 Å². The van der Waals surface area contributed by atoms with E-state index in [1.54, 1.807) is 0 Å². The van der Waals surface area contributed by atoms with Crippen molar-refractivity contribution in [3.63, 3.8) is 0 Å². The van der Waals surface area contributed by atoms with Crippen molar-refractivity contribution in [1.29, 1.82) is 0 Å². The van der Waals surface area contributed by atoms with Gasteiger partial charge in [0.15, 0.2) is 0 Å². The molecule has 0 aromatic heterocycles. The molecule has 0 heterocycles. The third kappa shape index (κ3) is 3.20. The fraction of sp³-hybridized carbons (Fsp3) is 0.917. The molecule has 1 fully saturated rings. The highest BCUT2D eigenvalue weighted by Crippen LogP contribution is 2.49. The highest BCUT2D eigenvalue weighted by molar-refractivity contribution is 5.67. The average Bonchev–Trinajstić information content (AvgIpc) is 1.98. The molecular formula is C12H23NO2. The minimum absolute atomic E-state index is 0.174. The van der Waals surface area contributed by atoms with Crippen LogP contribution in [0.2, 0.25) is 0 Å². The van der Waals surface area contributed by atoms with E-state index in [4.69, 9.17) is 10.8 Å². The fourth-order valence-corrected chi connectivity index (χ4v) is 3.60. The van der Waals surface area contributed by atoms with E-state index >= 15 is 0 Å². The van der Waals surface area contributed by atoms with E-state index in [-0.39, 0.29) is 17.3 Å². The molecule has 0 aromatic carbocycles. The van der Waals surface area contributed by atoms with Gasteiger partial charge in [0, 0.05) is 0 Å². The zero-order chi connectivity index (χ0) is 11.7. The summed E-state index contributed by atoms with van der Waals surface area (Å²) in [5.41, 5.74) is 5.86.